The Morgan fingerprint density at radius 3 is 2.71 bits per heavy atom. The van der Waals surface area contributed by atoms with Crippen LogP contribution in [0.3, 0.4) is 0 Å². The molecule has 114 valence electrons. The highest BCUT2D eigenvalue weighted by Gasteiger charge is 2.22. The highest BCUT2D eigenvalue weighted by Crippen LogP contribution is 2.32. The largest absolute Gasteiger partial charge is 0.493 e. The maximum atomic E-state index is 11.2. The van der Waals surface area contributed by atoms with Crippen LogP contribution in [0.2, 0.25) is 0 Å². The number of hydrogen-bond acceptors (Lipinski definition) is 3. The van der Waals surface area contributed by atoms with Gasteiger partial charge in [0.2, 0.25) is 0 Å². The molecule has 2 amide bonds. The third-order valence-electron chi connectivity index (χ3n) is 4.15. The Morgan fingerprint density at radius 1 is 1.24 bits per heavy atom. The van der Waals surface area contributed by atoms with Crippen LogP contribution in [-0.4, -0.2) is 31.8 Å². The SMILES string of the molecule is COc1ccc(C[C@@H]2CNC(=O)N2)cc1OC1CCCC1. The standard InChI is InChI=1S/C16H22N2O3/c1-20-14-7-6-11(8-12-10-17-16(19)18-12)9-15(14)21-13-4-2-3-5-13/h6-7,9,12-13H,2-5,8,10H2,1H3,(H2,17,18,19)/t12-/m1/s1. The Balaban J connectivity index is 1.70. The molecule has 0 bridgehead atoms. The second kappa shape index (κ2) is 6.24. The third kappa shape index (κ3) is 3.40. The van der Waals surface area contributed by atoms with Gasteiger partial charge in [0.15, 0.2) is 11.5 Å². The second-order valence-electron chi connectivity index (χ2n) is 5.76. The average Bonchev–Trinajstić information content (AvgIpc) is 3.11. The monoisotopic (exact) mass is 290 g/mol. The van der Waals surface area contributed by atoms with Crippen LogP contribution in [0.25, 0.3) is 0 Å². The number of urea groups is 1. The number of ether oxygens (including phenoxy) is 2. The highest BCUT2D eigenvalue weighted by molar-refractivity contribution is 5.76. The van der Waals surface area contributed by atoms with Crippen molar-refractivity contribution in [2.45, 2.75) is 44.2 Å². The van der Waals surface area contributed by atoms with E-state index in [0.29, 0.717) is 12.6 Å². The van der Waals surface area contributed by atoms with Crippen molar-refractivity contribution in [3.05, 3.63) is 23.8 Å². The Kier molecular flexibility index (Phi) is 4.18. The van der Waals surface area contributed by atoms with Crippen molar-refractivity contribution in [3.63, 3.8) is 0 Å². The second-order valence-corrected chi connectivity index (χ2v) is 5.76. The summed E-state index contributed by atoms with van der Waals surface area (Å²) in [4.78, 5) is 11.2. The summed E-state index contributed by atoms with van der Waals surface area (Å²) >= 11 is 0. The molecule has 1 saturated heterocycles. The van der Waals surface area contributed by atoms with E-state index in [1.807, 2.05) is 18.2 Å². The first-order valence-electron chi connectivity index (χ1n) is 7.62. The van der Waals surface area contributed by atoms with E-state index >= 15 is 0 Å². The van der Waals surface area contributed by atoms with Gasteiger partial charge in [0.1, 0.15) is 0 Å². The van der Waals surface area contributed by atoms with E-state index in [9.17, 15) is 4.79 Å². The van der Waals surface area contributed by atoms with Crippen molar-refractivity contribution in [1.82, 2.24) is 10.6 Å². The maximum absolute atomic E-state index is 11.2. The van der Waals surface area contributed by atoms with Crippen molar-refractivity contribution in [2.24, 2.45) is 0 Å². The Bertz CT molecular complexity index is 512. The molecule has 21 heavy (non-hydrogen) atoms. The van der Waals surface area contributed by atoms with Gasteiger partial charge < -0.3 is 20.1 Å². The Morgan fingerprint density at radius 2 is 2.05 bits per heavy atom. The first-order chi connectivity index (χ1) is 10.2. The van der Waals surface area contributed by atoms with Crippen LogP contribution in [0, 0.1) is 0 Å². The third-order valence-corrected chi connectivity index (χ3v) is 4.15. The predicted molar refractivity (Wildman–Crippen MR) is 79.9 cm³/mol. The van der Waals surface area contributed by atoms with Crippen LogP contribution in [-0.2, 0) is 6.42 Å². The number of carbonyl (C=O) groups is 1. The highest BCUT2D eigenvalue weighted by atomic mass is 16.5. The van der Waals surface area contributed by atoms with Crippen molar-refractivity contribution in [3.8, 4) is 11.5 Å². The average molecular weight is 290 g/mol. The van der Waals surface area contributed by atoms with Gasteiger partial charge in [-0.05, 0) is 49.8 Å². The van der Waals surface area contributed by atoms with E-state index in [0.717, 1.165) is 36.3 Å². The normalized spacial score (nSPS) is 22.0. The molecule has 2 N–H and O–H groups in total. The smallest absolute Gasteiger partial charge is 0.315 e. The van der Waals surface area contributed by atoms with E-state index < -0.39 is 0 Å². The lowest BCUT2D eigenvalue weighted by atomic mass is 10.1. The van der Waals surface area contributed by atoms with Crippen LogP contribution < -0.4 is 20.1 Å². The quantitative estimate of drug-likeness (QED) is 0.874. The molecule has 2 fully saturated rings. The fourth-order valence-electron chi connectivity index (χ4n) is 3.04. The number of hydrogen-bond donors (Lipinski definition) is 2. The molecule has 2 aliphatic rings. The summed E-state index contributed by atoms with van der Waals surface area (Å²) in [6.45, 7) is 0.670. The Labute approximate surface area is 125 Å². The lowest BCUT2D eigenvalue weighted by molar-refractivity contribution is 0.200. The molecule has 0 aromatic heterocycles. The molecule has 3 rings (SSSR count). The molecule has 0 radical (unpaired) electrons. The number of methoxy groups -OCH3 is 1. The first-order valence-corrected chi connectivity index (χ1v) is 7.62. The molecule has 1 heterocycles. The van der Waals surface area contributed by atoms with Crippen molar-refractivity contribution < 1.29 is 14.3 Å². The maximum Gasteiger partial charge on any atom is 0.315 e. The summed E-state index contributed by atoms with van der Waals surface area (Å²) < 4.78 is 11.5. The molecule has 1 aromatic carbocycles. The van der Waals surface area contributed by atoms with Crippen LogP contribution >= 0.6 is 0 Å². The van der Waals surface area contributed by atoms with Gasteiger partial charge in [0, 0.05) is 6.54 Å². The lowest BCUT2D eigenvalue weighted by Crippen LogP contribution is -2.28. The molecule has 1 aromatic rings. The van der Waals surface area contributed by atoms with Gasteiger partial charge in [-0.15, -0.1) is 0 Å². The van der Waals surface area contributed by atoms with Crippen molar-refractivity contribution >= 4 is 6.03 Å². The summed E-state index contributed by atoms with van der Waals surface area (Å²) in [5.74, 6) is 1.60. The van der Waals surface area contributed by atoms with Crippen LogP contribution in [0.4, 0.5) is 4.79 Å². The van der Waals surface area contributed by atoms with E-state index in [2.05, 4.69) is 10.6 Å². The zero-order valence-corrected chi connectivity index (χ0v) is 12.4. The molecule has 1 saturated carbocycles. The minimum atomic E-state index is -0.0871. The van der Waals surface area contributed by atoms with Crippen LogP contribution in [0.15, 0.2) is 18.2 Å². The van der Waals surface area contributed by atoms with Gasteiger partial charge in [0.05, 0.1) is 19.3 Å². The fraction of sp³-hybridized carbons (Fsp3) is 0.562. The number of amides is 2. The summed E-state index contributed by atoms with van der Waals surface area (Å²) in [6.07, 6.45) is 5.83. The molecule has 1 aliphatic carbocycles. The minimum absolute atomic E-state index is 0.0871. The van der Waals surface area contributed by atoms with Gasteiger partial charge in [-0.1, -0.05) is 6.07 Å². The van der Waals surface area contributed by atoms with Gasteiger partial charge in [-0.25, -0.2) is 4.79 Å². The van der Waals surface area contributed by atoms with Crippen molar-refractivity contribution in [2.75, 3.05) is 13.7 Å². The molecule has 1 atom stereocenters. The minimum Gasteiger partial charge on any atom is -0.493 e. The summed E-state index contributed by atoms with van der Waals surface area (Å²) in [5.41, 5.74) is 1.15. The van der Waals surface area contributed by atoms with Crippen molar-refractivity contribution in [1.29, 1.82) is 0 Å². The van der Waals surface area contributed by atoms with E-state index in [1.165, 1.54) is 12.8 Å². The lowest BCUT2D eigenvalue weighted by Gasteiger charge is -2.17. The molecule has 1 aliphatic heterocycles. The molecule has 0 spiro atoms. The summed E-state index contributed by atoms with van der Waals surface area (Å²) in [7, 11) is 1.66. The summed E-state index contributed by atoms with van der Waals surface area (Å²) in [5, 5.41) is 5.68. The molecular weight excluding hydrogens is 268 g/mol. The predicted octanol–water partition coefficient (Wildman–Crippen LogP) is 2.24. The van der Waals surface area contributed by atoms with Crippen LogP contribution in [0.1, 0.15) is 31.2 Å². The topological polar surface area (TPSA) is 59.6 Å². The Hall–Kier alpha value is -1.91. The van der Waals surface area contributed by atoms with E-state index in [4.69, 9.17) is 9.47 Å². The zero-order valence-electron chi connectivity index (χ0n) is 12.4. The first kappa shape index (κ1) is 14.0. The molecule has 0 unspecified atom stereocenters. The van der Waals surface area contributed by atoms with Gasteiger partial charge in [-0.2, -0.15) is 0 Å². The van der Waals surface area contributed by atoms with E-state index in [1.54, 1.807) is 7.11 Å². The van der Waals surface area contributed by atoms with E-state index in [-0.39, 0.29) is 12.1 Å². The number of rotatable bonds is 5. The number of nitrogens with one attached hydrogen (secondary N) is 2. The zero-order chi connectivity index (χ0) is 14.7. The van der Waals surface area contributed by atoms with Gasteiger partial charge in [-0.3, -0.25) is 0 Å². The summed E-state index contributed by atoms with van der Waals surface area (Å²) in [6, 6.07) is 6.08. The van der Waals surface area contributed by atoms with Gasteiger partial charge >= 0.3 is 6.03 Å². The molecule has 5 nitrogen and oxygen atoms in total. The number of benzene rings is 1. The molecular formula is C16H22N2O3. The van der Waals surface area contributed by atoms with Crippen LogP contribution in [0.5, 0.6) is 11.5 Å². The number of carbonyl (C=O) groups excluding carboxylic acids is 1. The fourth-order valence-corrected chi connectivity index (χ4v) is 3.04. The molecule has 5 heteroatoms. The van der Waals surface area contributed by atoms with Gasteiger partial charge in [0.25, 0.3) is 0 Å².